The van der Waals surface area contributed by atoms with Crippen molar-refractivity contribution < 1.29 is 4.74 Å². The maximum atomic E-state index is 12.1. The maximum absolute atomic E-state index is 12.1. The van der Waals surface area contributed by atoms with Gasteiger partial charge in [0.05, 0.1) is 7.11 Å². The molecule has 3 aromatic rings. The predicted octanol–water partition coefficient (Wildman–Crippen LogP) is 3.14. The number of nitriles is 2. The molecule has 0 bridgehead atoms. The number of nitrogens with one attached hydrogen (secondary N) is 1. The number of aromatic amines is 1. The standard InChI is InChI=1S/C21H17N5O2/c1-26(15-7-9-16(28-2)10-8-15)14-5-3-13(4-6-14)19-17(11-22)20(24)25-21(27)18(19)12-23/h3-10H,1-2H3,(H3,24,25,27). The predicted molar refractivity (Wildman–Crippen MR) is 107 cm³/mol. The molecule has 3 N–H and O–H groups in total. The van der Waals surface area contributed by atoms with Crippen molar-refractivity contribution in [2.24, 2.45) is 0 Å². The van der Waals surface area contributed by atoms with Crippen LogP contribution in [-0.4, -0.2) is 19.1 Å². The van der Waals surface area contributed by atoms with Crippen LogP contribution in [0, 0.1) is 22.7 Å². The summed E-state index contributed by atoms with van der Waals surface area (Å²) in [5.41, 5.74) is 7.75. The second-order valence-corrected chi connectivity index (χ2v) is 6.02. The van der Waals surface area contributed by atoms with E-state index in [1.165, 1.54) is 0 Å². The largest absolute Gasteiger partial charge is 0.497 e. The van der Waals surface area contributed by atoms with Crippen molar-refractivity contribution in [3.8, 4) is 29.0 Å². The van der Waals surface area contributed by atoms with Crippen molar-refractivity contribution in [3.05, 3.63) is 70.0 Å². The summed E-state index contributed by atoms with van der Waals surface area (Å²) in [5.74, 6) is 0.716. The molecule has 0 atom stereocenters. The Morgan fingerprint density at radius 3 is 2.00 bits per heavy atom. The van der Waals surface area contributed by atoms with Crippen LogP contribution in [0.2, 0.25) is 0 Å². The van der Waals surface area contributed by atoms with E-state index < -0.39 is 5.56 Å². The van der Waals surface area contributed by atoms with Crippen molar-refractivity contribution in [2.45, 2.75) is 0 Å². The van der Waals surface area contributed by atoms with E-state index >= 15 is 0 Å². The quantitative estimate of drug-likeness (QED) is 0.727. The number of hydrogen-bond donors (Lipinski definition) is 2. The molecule has 7 heteroatoms. The van der Waals surface area contributed by atoms with E-state index in [2.05, 4.69) is 4.98 Å². The fourth-order valence-electron chi connectivity index (χ4n) is 2.94. The van der Waals surface area contributed by atoms with Gasteiger partial charge in [-0.05, 0) is 42.0 Å². The minimum atomic E-state index is -0.617. The number of rotatable bonds is 4. The minimum absolute atomic E-state index is 0.0547. The highest BCUT2D eigenvalue weighted by molar-refractivity contribution is 5.81. The fraction of sp³-hybridized carbons (Fsp3) is 0.0952. The molecule has 28 heavy (non-hydrogen) atoms. The lowest BCUT2D eigenvalue weighted by molar-refractivity contribution is 0.415. The van der Waals surface area contributed by atoms with Gasteiger partial charge < -0.3 is 20.4 Å². The normalized spacial score (nSPS) is 10.0. The Morgan fingerprint density at radius 2 is 1.50 bits per heavy atom. The maximum Gasteiger partial charge on any atom is 0.268 e. The molecular formula is C21H17N5O2. The van der Waals surface area contributed by atoms with Crippen molar-refractivity contribution in [2.75, 3.05) is 24.8 Å². The van der Waals surface area contributed by atoms with E-state index in [1.54, 1.807) is 19.2 Å². The molecule has 0 fully saturated rings. The Hall–Kier alpha value is -4.23. The Balaban J connectivity index is 2.03. The highest BCUT2D eigenvalue weighted by Gasteiger charge is 2.18. The number of ether oxygens (including phenoxy) is 1. The minimum Gasteiger partial charge on any atom is -0.497 e. The van der Waals surface area contributed by atoms with Gasteiger partial charge in [0.1, 0.15) is 34.8 Å². The molecule has 138 valence electrons. The van der Waals surface area contributed by atoms with Gasteiger partial charge in [0.15, 0.2) is 0 Å². The van der Waals surface area contributed by atoms with E-state index in [-0.39, 0.29) is 22.5 Å². The van der Waals surface area contributed by atoms with Gasteiger partial charge in [0.2, 0.25) is 0 Å². The third-order valence-electron chi connectivity index (χ3n) is 4.47. The summed E-state index contributed by atoms with van der Waals surface area (Å²) in [6.07, 6.45) is 0. The lowest BCUT2D eigenvalue weighted by Crippen LogP contribution is -2.16. The monoisotopic (exact) mass is 371 g/mol. The molecule has 1 heterocycles. The van der Waals surface area contributed by atoms with Crippen LogP contribution in [0.5, 0.6) is 5.75 Å². The van der Waals surface area contributed by atoms with Crippen molar-refractivity contribution in [1.29, 1.82) is 10.5 Å². The molecular weight excluding hydrogens is 354 g/mol. The van der Waals surface area contributed by atoms with Gasteiger partial charge in [-0.1, -0.05) is 12.1 Å². The number of nitrogens with two attached hydrogens (primary N) is 1. The first-order chi connectivity index (χ1) is 13.5. The lowest BCUT2D eigenvalue weighted by Gasteiger charge is -2.20. The third-order valence-corrected chi connectivity index (χ3v) is 4.47. The highest BCUT2D eigenvalue weighted by Crippen LogP contribution is 2.31. The number of hydrogen-bond acceptors (Lipinski definition) is 6. The van der Waals surface area contributed by atoms with Crippen LogP contribution in [0.4, 0.5) is 17.2 Å². The van der Waals surface area contributed by atoms with E-state index in [0.717, 1.165) is 17.1 Å². The van der Waals surface area contributed by atoms with Crippen LogP contribution in [0.1, 0.15) is 11.1 Å². The third kappa shape index (κ3) is 3.25. The summed E-state index contributed by atoms with van der Waals surface area (Å²) < 4.78 is 5.17. The highest BCUT2D eigenvalue weighted by atomic mass is 16.5. The van der Waals surface area contributed by atoms with Crippen LogP contribution in [-0.2, 0) is 0 Å². The topological polar surface area (TPSA) is 119 Å². The van der Waals surface area contributed by atoms with Crippen molar-refractivity contribution >= 4 is 17.2 Å². The first-order valence-electron chi connectivity index (χ1n) is 8.34. The molecule has 0 radical (unpaired) electrons. The van der Waals surface area contributed by atoms with Gasteiger partial charge in [0.25, 0.3) is 5.56 Å². The van der Waals surface area contributed by atoms with Gasteiger partial charge in [-0.3, -0.25) is 4.79 Å². The smallest absolute Gasteiger partial charge is 0.268 e. The van der Waals surface area contributed by atoms with E-state index in [9.17, 15) is 15.3 Å². The summed E-state index contributed by atoms with van der Waals surface area (Å²) in [7, 11) is 3.54. The molecule has 0 aliphatic heterocycles. The summed E-state index contributed by atoms with van der Waals surface area (Å²) in [6.45, 7) is 0. The molecule has 0 unspecified atom stereocenters. The van der Waals surface area contributed by atoms with E-state index in [4.69, 9.17) is 10.5 Å². The second kappa shape index (κ2) is 7.56. The number of nitrogen functional groups attached to an aromatic ring is 1. The first kappa shape index (κ1) is 18.6. The van der Waals surface area contributed by atoms with Crippen LogP contribution < -0.4 is 20.9 Å². The van der Waals surface area contributed by atoms with Gasteiger partial charge in [-0.25, -0.2) is 0 Å². The number of benzene rings is 2. The van der Waals surface area contributed by atoms with Crippen LogP contribution in [0.3, 0.4) is 0 Å². The molecule has 7 nitrogen and oxygen atoms in total. The van der Waals surface area contributed by atoms with Gasteiger partial charge >= 0.3 is 0 Å². The van der Waals surface area contributed by atoms with Crippen LogP contribution >= 0.6 is 0 Å². The summed E-state index contributed by atoms with van der Waals surface area (Å²) in [6, 6.07) is 18.7. The molecule has 3 rings (SSSR count). The summed E-state index contributed by atoms with van der Waals surface area (Å²) in [4.78, 5) is 16.4. The fourth-order valence-corrected chi connectivity index (χ4v) is 2.94. The molecule has 0 spiro atoms. The SMILES string of the molecule is COc1ccc(N(C)c2ccc(-c3c(C#N)c(N)[nH]c(=O)c3C#N)cc2)cc1. The Kier molecular flexibility index (Phi) is 5.01. The summed E-state index contributed by atoms with van der Waals surface area (Å²) in [5, 5.41) is 18.8. The Labute approximate surface area is 161 Å². The van der Waals surface area contributed by atoms with Crippen molar-refractivity contribution in [3.63, 3.8) is 0 Å². The number of aromatic nitrogens is 1. The molecule has 0 aliphatic rings. The van der Waals surface area contributed by atoms with Crippen LogP contribution in [0.25, 0.3) is 11.1 Å². The van der Waals surface area contributed by atoms with Gasteiger partial charge in [-0.2, -0.15) is 10.5 Å². The molecule has 0 amide bonds. The zero-order valence-electron chi connectivity index (χ0n) is 15.4. The number of methoxy groups -OCH3 is 1. The Bertz CT molecular complexity index is 1150. The number of nitrogens with zero attached hydrogens (tertiary/aromatic N) is 3. The molecule has 0 saturated heterocycles. The molecule has 1 aromatic heterocycles. The van der Waals surface area contributed by atoms with E-state index in [0.29, 0.717) is 5.56 Å². The van der Waals surface area contributed by atoms with Gasteiger partial charge in [0, 0.05) is 24.0 Å². The van der Waals surface area contributed by atoms with Gasteiger partial charge in [-0.15, -0.1) is 0 Å². The Morgan fingerprint density at radius 1 is 0.964 bits per heavy atom. The average molecular weight is 371 g/mol. The molecule has 0 aliphatic carbocycles. The van der Waals surface area contributed by atoms with E-state index in [1.807, 2.05) is 60.5 Å². The zero-order valence-corrected chi connectivity index (χ0v) is 15.4. The van der Waals surface area contributed by atoms with Crippen molar-refractivity contribution in [1.82, 2.24) is 4.98 Å². The average Bonchev–Trinajstić information content (AvgIpc) is 2.73. The van der Waals surface area contributed by atoms with Crippen LogP contribution in [0.15, 0.2) is 53.3 Å². The second-order valence-electron chi connectivity index (χ2n) is 6.02. The zero-order chi connectivity index (χ0) is 20.3. The molecule has 0 saturated carbocycles. The lowest BCUT2D eigenvalue weighted by atomic mass is 9.96. The summed E-state index contributed by atoms with van der Waals surface area (Å²) >= 11 is 0. The number of H-pyrrole nitrogens is 1. The first-order valence-corrected chi connectivity index (χ1v) is 8.34. The number of pyridine rings is 1. The molecule has 2 aromatic carbocycles. The number of anilines is 3.